The molecule has 81 heavy (non-hydrogen) atoms. The second kappa shape index (κ2) is 25.8. The lowest BCUT2D eigenvalue weighted by Gasteiger charge is -2.46. The smallest absolute Gasteiger partial charge is 0.306 e. The van der Waals surface area contributed by atoms with E-state index in [1.807, 2.05) is 0 Å². The van der Waals surface area contributed by atoms with E-state index in [0.717, 1.165) is 0 Å². The normalized spacial score (nSPS) is 40.5. The summed E-state index contributed by atoms with van der Waals surface area (Å²) in [5.41, 5.74) is -1.52. The maximum absolute atomic E-state index is 15.2. The molecule has 0 unspecified atom stereocenters. The second-order valence-electron chi connectivity index (χ2n) is 22.9. The number of carbonyl (C=O) groups is 3. The van der Waals surface area contributed by atoms with E-state index >= 15 is 4.79 Å². The van der Waals surface area contributed by atoms with E-state index in [1.165, 1.54) is 46.9 Å². The van der Waals surface area contributed by atoms with Crippen molar-refractivity contribution in [3.05, 3.63) is 28.8 Å². The van der Waals surface area contributed by atoms with Crippen LogP contribution >= 0.6 is 0 Å². The van der Waals surface area contributed by atoms with E-state index in [4.69, 9.17) is 56.8 Å². The first-order valence-corrected chi connectivity index (χ1v) is 28.0. The van der Waals surface area contributed by atoms with Crippen LogP contribution in [-0.4, -0.2) is 223 Å². The van der Waals surface area contributed by atoms with Crippen molar-refractivity contribution in [2.45, 2.75) is 261 Å². The molecule has 0 bridgehead atoms. The van der Waals surface area contributed by atoms with Crippen molar-refractivity contribution in [1.82, 2.24) is 0 Å². The van der Waals surface area contributed by atoms with E-state index in [-0.39, 0.29) is 78.2 Å². The van der Waals surface area contributed by atoms with Gasteiger partial charge >= 0.3 is 5.97 Å². The number of carbonyl (C=O) groups excluding carboxylic acids is 3. The molecule has 2 aromatic carbocycles. The third-order valence-electron chi connectivity index (χ3n) is 16.6. The number of phenols is 2. The number of rotatable bonds is 18. The molecule has 456 valence electrons. The molecule has 25 nitrogen and oxygen atoms in total. The summed E-state index contributed by atoms with van der Waals surface area (Å²) in [5.74, 6) is -4.80. The van der Waals surface area contributed by atoms with Gasteiger partial charge in [-0.2, -0.15) is 0 Å². The van der Waals surface area contributed by atoms with Gasteiger partial charge in [0.15, 0.2) is 42.8 Å². The summed E-state index contributed by atoms with van der Waals surface area (Å²) < 4.78 is 72.3. The molecular weight excluding hydrogens is 1070 g/mol. The second-order valence-corrected chi connectivity index (χ2v) is 22.9. The van der Waals surface area contributed by atoms with Gasteiger partial charge < -0.3 is 108 Å². The van der Waals surface area contributed by atoms with Crippen molar-refractivity contribution < 1.29 is 122 Å². The van der Waals surface area contributed by atoms with Gasteiger partial charge in [-0.25, -0.2) is 0 Å². The number of ketones is 2. The van der Waals surface area contributed by atoms with Crippen LogP contribution in [0.25, 0.3) is 10.8 Å². The maximum Gasteiger partial charge on any atom is 0.306 e. The Morgan fingerprint density at radius 3 is 1.77 bits per heavy atom. The summed E-state index contributed by atoms with van der Waals surface area (Å²) in [5, 5.41) is 111. The van der Waals surface area contributed by atoms with E-state index in [2.05, 4.69) is 0 Å². The molecule has 6 aliphatic rings. The van der Waals surface area contributed by atoms with Crippen LogP contribution < -0.4 is 4.74 Å². The van der Waals surface area contributed by atoms with Gasteiger partial charge in [0.1, 0.15) is 66.1 Å². The van der Waals surface area contributed by atoms with Crippen molar-refractivity contribution in [3.8, 4) is 17.2 Å². The van der Waals surface area contributed by atoms with Gasteiger partial charge in [0.2, 0.25) is 6.29 Å². The molecular formula is C56H82O25. The Balaban J connectivity index is 1.07. The van der Waals surface area contributed by atoms with Crippen molar-refractivity contribution in [3.63, 3.8) is 0 Å². The Kier molecular flexibility index (Phi) is 20.1. The van der Waals surface area contributed by atoms with E-state index in [1.54, 1.807) is 34.6 Å². The van der Waals surface area contributed by atoms with Gasteiger partial charge in [-0.1, -0.05) is 6.92 Å². The number of phenolic OH excluding ortho intramolecular Hbond substituents is 2. The molecule has 5 heterocycles. The lowest BCUT2D eigenvalue weighted by molar-refractivity contribution is -0.334. The minimum absolute atomic E-state index is 0.0203. The summed E-state index contributed by atoms with van der Waals surface area (Å²) >= 11 is 0. The topological polar surface area (TPSA) is 364 Å². The van der Waals surface area contributed by atoms with Crippen LogP contribution in [0, 0.1) is 12.8 Å². The van der Waals surface area contributed by atoms with Crippen molar-refractivity contribution >= 4 is 28.3 Å². The number of hydrogen-bond donors (Lipinski definition) is 10. The molecule has 10 N–H and O–H groups in total. The number of ether oxygens (including phenoxy) is 12. The molecule has 0 amide bonds. The Labute approximate surface area is 469 Å². The molecule has 8 rings (SSSR count). The van der Waals surface area contributed by atoms with E-state index < -0.39 is 182 Å². The lowest BCUT2D eigenvalue weighted by atomic mass is 9.75. The highest BCUT2D eigenvalue weighted by molar-refractivity contribution is 6.11. The number of aliphatic hydroxyl groups is 8. The van der Waals surface area contributed by atoms with Crippen LogP contribution in [0.5, 0.6) is 17.2 Å². The number of Topliss-reactive ketones (excluding diaryl/α,β-unsaturated/α-hetero) is 2. The van der Waals surface area contributed by atoms with Crippen LogP contribution in [-0.2, 0) is 68.1 Å². The highest BCUT2D eigenvalue weighted by Crippen LogP contribution is 2.48. The SMILES string of the molecule is CCCC(=O)O[C@H](C)[C@H](O)C(=O)[C@@H](OC)[C@@H]1Cc2cc3cc(O[C@H]4C[C@@H](O[C@H]5C[C@@H](O)[C@H](O)[C@@H](C)O5)[C@H](O)[C@@H](C)O4)c(C)c(O)c3c(O)c2C(=O)[C@H]1O[C@H]1C[C@@H](O[C@H]2C[C@@H](O[C@H]3C[C@](C)(O)[C@H](O)[C@@H](C)O3)[C@@H](O)[C@@H](C)O2)[C@H](O)[C@@H](C)O1. The predicted octanol–water partition coefficient (Wildman–Crippen LogP) is 1.10. The monoisotopic (exact) mass is 1150 g/mol. The Bertz CT molecular complexity index is 2520. The van der Waals surface area contributed by atoms with Gasteiger partial charge in [-0.15, -0.1) is 0 Å². The zero-order chi connectivity index (χ0) is 59.3. The number of aromatic hydroxyl groups is 2. The standard InChI is InChI=1S/C56H82O25/c1-11-12-36(58)71-26(7)49(64)52(67)53(70-10)30-14-28-13-29-15-32(77-38-17-33(46(61)23(4)73-38)78-37-16-31(57)45(60)22(3)72-37)21(2)44(59)42(29)50(65)43(28)51(66)54(30)81-40-19-34(47(62)25(6)75-40)79-39-18-35(48(63)24(5)74-39)80-41-20-56(9,69)55(68)27(8)76-41/h13,15,22-27,30-31,33-35,37-41,45-49,53-55,57,59-65,68-69H,11-12,14,16-20H2,1-10H3/t22-,23-,24-,25-,26-,27-,30+,31-,33-,34-,35-,37+,38+,39+,40+,41+,45-,46-,47-,48+,49+,53+,54+,55-,56+/m1/s1. The number of esters is 1. The Hall–Kier alpha value is -3.81. The van der Waals surface area contributed by atoms with Crippen molar-refractivity contribution in [2.24, 2.45) is 5.92 Å². The average molecular weight is 1160 g/mol. The number of benzene rings is 2. The van der Waals surface area contributed by atoms with Crippen LogP contribution in [0.15, 0.2) is 12.1 Å². The summed E-state index contributed by atoms with van der Waals surface area (Å²) in [6.07, 6.45) is -26.7. The fourth-order valence-electron chi connectivity index (χ4n) is 11.9. The molecule has 25 heteroatoms. The molecule has 0 aromatic heterocycles. The summed E-state index contributed by atoms with van der Waals surface area (Å²) in [6, 6.07) is 3.03. The molecule has 0 spiro atoms. The molecule has 5 fully saturated rings. The van der Waals surface area contributed by atoms with E-state index in [0.29, 0.717) is 6.42 Å². The molecule has 0 saturated carbocycles. The minimum Gasteiger partial charge on any atom is -0.507 e. The third-order valence-corrected chi connectivity index (χ3v) is 16.6. The van der Waals surface area contributed by atoms with Crippen molar-refractivity contribution in [2.75, 3.05) is 7.11 Å². The lowest BCUT2D eigenvalue weighted by Crippen LogP contribution is -2.58. The van der Waals surface area contributed by atoms with Gasteiger partial charge in [0, 0.05) is 57.1 Å². The first kappa shape index (κ1) is 63.2. The van der Waals surface area contributed by atoms with Crippen molar-refractivity contribution in [1.29, 1.82) is 0 Å². The van der Waals surface area contributed by atoms with E-state index in [9.17, 15) is 60.7 Å². The number of methoxy groups -OCH3 is 1. The average Bonchev–Trinajstić information content (AvgIpc) is 2.71. The first-order chi connectivity index (χ1) is 38.1. The molecule has 5 saturated heterocycles. The fraction of sp³-hybridized carbons (Fsp3) is 0.768. The van der Waals surface area contributed by atoms with Crippen LogP contribution in [0.1, 0.15) is 122 Å². The zero-order valence-electron chi connectivity index (χ0n) is 47.3. The maximum atomic E-state index is 15.2. The number of hydrogen-bond acceptors (Lipinski definition) is 25. The van der Waals surface area contributed by atoms with Gasteiger partial charge in [0.05, 0.1) is 71.5 Å². The highest BCUT2D eigenvalue weighted by Gasteiger charge is 2.52. The molecule has 0 radical (unpaired) electrons. The summed E-state index contributed by atoms with van der Waals surface area (Å²) in [7, 11) is 1.19. The molecule has 1 aliphatic carbocycles. The number of fused-ring (bicyclic) bond motifs is 2. The summed E-state index contributed by atoms with van der Waals surface area (Å²) in [4.78, 5) is 42.1. The van der Waals surface area contributed by atoms with Crippen LogP contribution in [0.3, 0.4) is 0 Å². The predicted molar refractivity (Wildman–Crippen MR) is 277 cm³/mol. The summed E-state index contributed by atoms with van der Waals surface area (Å²) in [6.45, 7) is 14.0. The fourth-order valence-corrected chi connectivity index (χ4v) is 11.9. The Morgan fingerprint density at radius 1 is 0.716 bits per heavy atom. The Morgan fingerprint density at radius 2 is 1.22 bits per heavy atom. The molecule has 25 atom stereocenters. The van der Waals surface area contributed by atoms with Gasteiger partial charge in [0.25, 0.3) is 0 Å². The highest BCUT2D eigenvalue weighted by atomic mass is 16.7. The minimum atomic E-state index is -1.94. The quantitative estimate of drug-likeness (QED) is 0.0934. The third kappa shape index (κ3) is 13.5. The molecule has 5 aliphatic heterocycles. The largest absolute Gasteiger partial charge is 0.507 e. The zero-order valence-corrected chi connectivity index (χ0v) is 47.3. The molecule has 2 aromatic rings. The van der Waals surface area contributed by atoms with Crippen LogP contribution in [0.4, 0.5) is 0 Å². The first-order valence-electron chi connectivity index (χ1n) is 28.0. The number of aliphatic hydroxyl groups excluding tert-OH is 7. The van der Waals surface area contributed by atoms with Crippen LogP contribution in [0.2, 0.25) is 0 Å². The van der Waals surface area contributed by atoms with Gasteiger partial charge in [-0.05, 0) is 91.3 Å². The van der Waals surface area contributed by atoms with Gasteiger partial charge in [-0.3, -0.25) is 14.4 Å².